The standard InChI is InChI=1S/C20H32N4O2/c1-2-22-20(23-13-6-14-26-18-7-4-3-5-8-18)24-15-16-9-11-17(12-10-16)19(21)25/h9-12,18H,2-8,13-15H2,1H3,(H2,21,25)(H2,22,23,24). The van der Waals surface area contributed by atoms with Crippen LogP contribution < -0.4 is 16.4 Å². The summed E-state index contributed by atoms with van der Waals surface area (Å²) >= 11 is 0. The van der Waals surface area contributed by atoms with Crippen LogP contribution in [0.5, 0.6) is 0 Å². The summed E-state index contributed by atoms with van der Waals surface area (Å²) < 4.78 is 5.95. The molecule has 0 heterocycles. The molecule has 26 heavy (non-hydrogen) atoms. The van der Waals surface area contributed by atoms with Gasteiger partial charge in [-0.05, 0) is 43.9 Å². The summed E-state index contributed by atoms with van der Waals surface area (Å²) in [4.78, 5) is 15.7. The van der Waals surface area contributed by atoms with E-state index < -0.39 is 5.91 Å². The average Bonchev–Trinajstić information content (AvgIpc) is 2.67. The van der Waals surface area contributed by atoms with Crippen molar-refractivity contribution in [1.82, 2.24) is 10.6 Å². The maximum atomic E-state index is 11.1. The molecule has 0 bridgehead atoms. The third-order valence-electron chi connectivity index (χ3n) is 4.52. The highest BCUT2D eigenvalue weighted by Crippen LogP contribution is 2.20. The molecule has 2 rings (SSSR count). The molecular formula is C20H32N4O2. The number of nitrogens with two attached hydrogens (primary N) is 1. The number of nitrogens with zero attached hydrogens (tertiary/aromatic N) is 1. The van der Waals surface area contributed by atoms with Crippen molar-refractivity contribution in [1.29, 1.82) is 0 Å². The Morgan fingerprint density at radius 1 is 1.19 bits per heavy atom. The first kappa shape index (κ1) is 20.2. The van der Waals surface area contributed by atoms with Gasteiger partial charge in [-0.2, -0.15) is 0 Å². The lowest BCUT2D eigenvalue weighted by Crippen LogP contribution is -2.38. The fourth-order valence-electron chi connectivity index (χ4n) is 3.05. The molecule has 0 saturated heterocycles. The van der Waals surface area contributed by atoms with Crippen molar-refractivity contribution >= 4 is 11.9 Å². The van der Waals surface area contributed by atoms with Gasteiger partial charge >= 0.3 is 0 Å². The summed E-state index contributed by atoms with van der Waals surface area (Å²) in [6.45, 7) is 5.04. The van der Waals surface area contributed by atoms with E-state index in [0.717, 1.165) is 37.6 Å². The molecule has 1 aromatic carbocycles. The zero-order valence-corrected chi connectivity index (χ0v) is 15.8. The highest BCUT2D eigenvalue weighted by Gasteiger charge is 2.12. The molecule has 1 aliphatic rings. The third kappa shape index (κ3) is 7.44. The zero-order valence-electron chi connectivity index (χ0n) is 15.8. The lowest BCUT2D eigenvalue weighted by Gasteiger charge is -2.22. The molecule has 4 N–H and O–H groups in total. The quantitative estimate of drug-likeness (QED) is 0.359. The number of amides is 1. The lowest BCUT2D eigenvalue weighted by molar-refractivity contribution is 0.0277. The van der Waals surface area contributed by atoms with Crippen LogP contribution in [-0.4, -0.2) is 37.7 Å². The highest BCUT2D eigenvalue weighted by atomic mass is 16.5. The van der Waals surface area contributed by atoms with E-state index in [0.29, 0.717) is 18.2 Å². The molecule has 1 fully saturated rings. The SMILES string of the molecule is CCNC(=NCc1ccc(C(N)=O)cc1)NCCCOC1CCCCC1. The number of guanidine groups is 1. The number of carbonyl (C=O) groups is 1. The number of ether oxygens (including phenoxy) is 1. The van der Waals surface area contributed by atoms with Crippen molar-refractivity contribution < 1.29 is 9.53 Å². The second kappa shape index (κ2) is 11.5. The van der Waals surface area contributed by atoms with E-state index >= 15 is 0 Å². The van der Waals surface area contributed by atoms with Crippen LogP contribution >= 0.6 is 0 Å². The first-order chi connectivity index (χ1) is 12.7. The normalized spacial score (nSPS) is 15.7. The van der Waals surface area contributed by atoms with Gasteiger partial charge in [-0.3, -0.25) is 4.79 Å². The summed E-state index contributed by atoms with van der Waals surface area (Å²) in [6, 6.07) is 7.22. The Kier molecular flexibility index (Phi) is 8.96. The molecule has 1 amide bonds. The Morgan fingerprint density at radius 2 is 1.92 bits per heavy atom. The minimum Gasteiger partial charge on any atom is -0.378 e. The van der Waals surface area contributed by atoms with Crippen molar-refractivity contribution in [2.45, 2.75) is 58.1 Å². The molecule has 0 aliphatic heterocycles. The van der Waals surface area contributed by atoms with Crippen LogP contribution in [0.15, 0.2) is 29.3 Å². The molecule has 144 valence electrons. The van der Waals surface area contributed by atoms with Crippen molar-refractivity contribution in [3.63, 3.8) is 0 Å². The average molecular weight is 361 g/mol. The van der Waals surface area contributed by atoms with E-state index in [4.69, 9.17) is 10.5 Å². The minimum atomic E-state index is -0.412. The van der Waals surface area contributed by atoms with Gasteiger partial charge in [0.15, 0.2) is 5.96 Å². The van der Waals surface area contributed by atoms with Crippen molar-refractivity contribution in [2.75, 3.05) is 19.7 Å². The van der Waals surface area contributed by atoms with Gasteiger partial charge in [0.1, 0.15) is 0 Å². The van der Waals surface area contributed by atoms with Gasteiger partial charge in [-0.15, -0.1) is 0 Å². The number of carbonyl (C=O) groups excluding carboxylic acids is 1. The number of primary amides is 1. The first-order valence-electron chi connectivity index (χ1n) is 9.71. The third-order valence-corrected chi connectivity index (χ3v) is 4.52. The van der Waals surface area contributed by atoms with Crippen LogP contribution in [0.2, 0.25) is 0 Å². The smallest absolute Gasteiger partial charge is 0.248 e. The molecule has 1 aromatic rings. The summed E-state index contributed by atoms with van der Waals surface area (Å²) in [7, 11) is 0. The van der Waals surface area contributed by atoms with Crippen LogP contribution in [0.3, 0.4) is 0 Å². The first-order valence-corrected chi connectivity index (χ1v) is 9.71. The lowest BCUT2D eigenvalue weighted by atomic mass is 9.98. The number of rotatable bonds is 9. The molecule has 6 nitrogen and oxygen atoms in total. The maximum Gasteiger partial charge on any atom is 0.248 e. The Balaban J connectivity index is 1.70. The van der Waals surface area contributed by atoms with Crippen LogP contribution in [0.25, 0.3) is 0 Å². The predicted octanol–water partition coefficient (Wildman–Crippen LogP) is 2.58. The van der Waals surface area contributed by atoms with Crippen molar-refractivity contribution in [3.8, 4) is 0 Å². The fourth-order valence-corrected chi connectivity index (χ4v) is 3.05. The van der Waals surface area contributed by atoms with Gasteiger partial charge in [0.25, 0.3) is 0 Å². The van der Waals surface area contributed by atoms with Gasteiger partial charge in [-0.1, -0.05) is 31.4 Å². The van der Waals surface area contributed by atoms with Crippen LogP contribution in [0.1, 0.15) is 61.4 Å². The van der Waals surface area contributed by atoms with Crippen LogP contribution in [0.4, 0.5) is 0 Å². The second-order valence-electron chi connectivity index (χ2n) is 6.67. The largest absolute Gasteiger partial charge is 0.378 e. The zero-order chi connectivity index (χ0) is 18.6. The summed E-state index contributed by atoms with van der Waals surface area (Å²) in [5.41, 5.74) is 6.81. The summed E-state index contributed by atoms with van der Waals surface area (Å²) in [6.07, 6.45) is 7.83. The van der Waals surface area contributed by atoms with E-state index in [9.17, 15) is 4.79 Å². The number of hydrogen-bond acceptors (Lipinski definition) is 3. The number of hydrogen-bond donors (Lipinski definition) is 3. The molecule has 0 aromatic heterocycles. The van der Waals surface area contributed by atoms with Gasteiger partial charge in [0.2, 0.25) is 5.91 Å². The van der Waals surface area contributed by atoms with E-state index in [-0.39, 0.29) is 0 Å². The second-order valence-corrected chi connectivity index (χ2v) is 6.67. The molecule has 1 aliphatic carbocycles. The number of nitrogens with one attached hydrogen (secondary N) is 2. The molecule has 0 unspecified atom stereocenters. The van der Waals surface area contributed by atoms with Crippen LogP contribution in [-0.2, 0) is 11.3 Å². The highest BCUT2D eigenvalue weighted by molar-refractivity contribution is 5.92. The van der Waals surface area contributed by atoms with Crippen molar-refractivity contribution in [2.24, 2.45) is 10.7 Å². The summed E-state index contributed by atoms with van der Waals surface area (Å²) in [5, 5.41) is 6.59. The van der Waals surface area contributed by atoms with E-state index in [2.05, 4.69) is 15.6 Å². The molecule has 0 spiro atoms. The van der Waals surface area contributed by atoms with Crippen LogP contribution in [0, 0.1) is 0 Å². The van der Waals surface area contributed by atoms with Gasteiger partial charge < -0.3 is 21.1 Å². The molecular weight excluding hydrogens is 328 g/mol. The maximum absolute atomic E-state index is 11.1. The Labute approximate surface area is 156 Å². The Morgan fingerprint density at radius 3 is 2.58 bits per heavy atom. The van der Waals surface area contributed by atoms with Gasteiger partial charge in [0, 0.05) is 25.3 Å². The minimum absolute atomic E-state index is 0.412. The van der Waals surface area contributed by atoms with Crippen molar-refractivity contribution in [3.05, 3.63) is 35.4 Å². The molecule has 6 heteroatoms. The fraction of sp³-hybridized carbons (Fsp3) is 0.600. The Hall–Kier alpha value is -2.08. The monoisotopic (exact) mass is 360 g/mol. The molecule has 0 atom stereocenters. The topological polar surface area (TPSA) is 88.7 Å². The van der Waals surface area contributed by atoms with E-state index in [1.165, 1.54) is 32.1 Å². The molecule has 1 saturated carbocycles. The predicted molar refractivity (Wildman–Crippen MR) is 105 cm³/mol. The summed E-state index contributed by atoms with van der Waals surface area (Å²) in [5.74, 6) is 0.384. The molecule has 0 radical (unpaired) electrons. The Bertz CT molecular complexity index is 566. The number of benzene rings is 1. The van der Waals surface area contributed by atoms with Gasteiger partial charge in [-0.25, -0.2) is 4.99 Å². The number of aliphatic imine (C=N–C) groups is 1. The van der Waals surface area contributed by atoms with E-state index in [1.54, 1.807) is 12.1 Å². The van der Waals surface area contributed by atoms with E-state index in [1.807, 2.05) is 19.1 Å². The van der Waals surface area contributed by atoms with Gasteiger partial charge in [0.05, 0.1) is 12.6 Å².